The van der Waals surface area contributed by atoms with E-state index in [1.807, 2.05) is 0 Å². The van der Waals surface area contributed by atoms with Gasteiger partial charge in [0.2, 0.25) is 0 Å². The summed E-state index contributed by atoms with van der Waals surface area (Å²) in [7, 11) is 0. The van der Waals surface area contributed by atoms with Crippen molar-refractivity contribution in [1.82, 2.24) is 0 Å². The van der Waals surface area contributed by atoms with Gasteiger partial charge in [0.1, 0.15) is 6.61 Å². The molecule has 1 heterocycles. The first-order valence-corrected chi connectivity index (χ1v) is 6.16. The summed E-state index contributed by atoms with van der Waals surface area (Å²) in [5, 5.41) is 10.5. The minimum absolute atomic E-state index is 0.112. The van der Waals surface area contributed by atoms with Crippen LogP contribution in [0.3, 0.4) is 0 Å². The van der Waals surface area contributed by atoms with Gasteiger partial charge in [0.15, 0.2) is 0 Å². The van der Waals surface area contributed by atoms with Gasteiger partial charge in [-0.05, 0) is 36.7 Å². The van der Waals surface area contributed by atoms with Crippen molar-refractivity contribution in [3.8, 4) is 0 Å². The number of rotatable bonds is 0. The van der Waals surface area contributed by atoms with Gasteiger partial charge in [-0.2, -0.15) is 0 Å². The van der Waals surface area contributed by atoms with Crippen LogP contribution in [0.25, 0.3) is 0 Å². The average Bonchev–Trinajstić information content (AvgIpc) is 2.65. The normalized spacial score (nSPS) is 38.7. The maximum atomic E-state index is 11.8. The zero-order chi connectivity index (χ0) is 12.4. The average molecular weight is 234 g/mol. The molecule has 2 atom stereocenters. The van der Waals surface area contributed by atoms with E-state index >= 15 is 0 Å². The minimum atomic E-state index is -0.885. The number of allylic oxidation sites excluding steroid dienone is 1. The Morgan fingerprint density at radius 3 is 2.76 bits per heavy atom. The lowest BCUT2D eigenvalue weighted by Gasteiger charge is -2.34. The summed E-state index contributed by atoms with van der Waals surface area (Å²) in [5.41, 5.74) is 1.78. The number of fused-ring (bicyclic) bond motifs is 2. The van der Waals surface area contributed by atoms with Crippen LogP contribution >= 0.6 is 0 Å². The van der Waals surface area contributed by atoms with E-state index in [-0.39, 0.29) is 18.0 Å². The molecule has 0 aromatic carbocycles. The fourth-order valence-electron chi connectivity index (χ4n) is 3.53. The molecule has 2 aliphatic carbocycles. The highest BCUT2D eigenvalue weighted by atomic mass is 16.5. The maximum Gasteiger partial charge on any atom is 0.338 e. The highest BCUT2D eigenvalue weighted by Gasteiger charge is 2.49. The van der Waals surface area contributed by atoms with Gasteiger partial charge in [-0.1, -0.05) is 19.9 Å². The summed E-state index contributed by atoms with van der Waals surface area (Å²) in [6.45, 7) is 6.40. The van der Waals surface area contributed by atoms with Crippen LogP contribution in [0, 0.1) is 11.3 Å². The summed E-state index contributed by atoms with van der Waals surface area (Å²) >= 11 is 0. The molecular weight excluding hydrogens is 216 g/mol. The van der Waals surface area contributed by atoms with E-state index in [1.165, 1.54) is 0 Å². The van der Waals surface area contributed by atoms with Gasteiger partial charge in [-0.3, -0.25) is 0 Å². The lowest BCUT2D eigenvalue weighted by molar-refractivity contribution is -0.135. The zero-order valence-electron chi connectivity index (χ0n) is 10.5. The van der Waals surface area contributed by atoms with E-state index < -0.39 is 5.60 Å². The number of esters is 1. The first-order valence-electron chi connectivity index (χ1n) is 6.16. The summed E-state index contributed by atoms with van der Waals surface area (Å²) in [5.74, 6) is 0.0401. The molecule has 0 amide bonds. The van der Waals surface area contributed by atoms with E-state index in [4.69, 9.17) is 4.74 Å². The van der Waals surface area contributed by atoms with Gasteiger partial charge in [0, 0.05) is 5.57 Å². The molecule has 0 aromatic heterocycles. The molecule has 0 saturated heterocycles. The molecule has 1 aliphatic heterocycles. The second-order valence-corrected chi connectivity index (χ2v) is 6.40. The molecule has 3 aliphatic rings. The molecule has 17 heavy (non-hydrogen) atoms. The number of hydrogen-bond acceptors (Lipinski definition) is 3. The van der Waals surface area contributed by atoms with Crippen LogP contribution in [0.5, 0.6) is 0 Å². The van der Waals surface area contributed by atoms with E-state index in [9.17, 15) is 9.90 Å². The first kappa shape index (κ1) is 11.0. The van der Waals surface area contributed by atoms with Gasteiger partial charge >= 0.3 is 5.97 Å². The van der Waals surface area contributed by atoms with Gasteiger partial charge in [-0.25, -0.2) is 4.79 Å². The highest BCUT2D eigenvalue weighted by Crippen LogP contribution is 2.52. The number of hydrogen-bond donors (Lipinski definition) is 1. The van der Waals surface area contributed by atoms with Crippen molar-refractivity contribution in [2.24, 2.45) is 11.3 Å². The second-order valence-electron chi connectivity index (χ2n) is 6.40. The number of aliphatic hydroxyl groups is 1. The van der Waals surface area contributed by atoms with E-state index in [2.05, 4.69) is 19.9 Å². The summed E-state index contributed by atoms with van der Waals surface area (Å²) in [6.07, 6.45) is 3.90. The van der Waals surface area contributed by atoms with Gasteiger partial charge in [-0.15, -0.1) is 0 Å². The number of ether oxygens (including phenoxy) is 1. The van der Waals surface area contributed by atoms with Gasteiger partial charge in [0.05, 0.1) is 11.2 Å². The van der Waals surface area contributed by atoms with Gasteiger partial charge in [0.25, 0.3) is 0 Å². The SMILES string of the molecule is CC1(C)C=C2C3=C(COC3=O)C(C)(O)CC2C1. The zero-order valence-corrected chi connectivity index (χ0v) is 10.5. The quantitative estimate of drug-likeness (QED) is 0.652. The largest absolute Gasteiger partial charge is 0.457 e. The van der Waals surface area contributed by atoms with Crippen molar-refractivity contribution in [2.75, 3.05) is 6.61 Å². The third-order valence-electron chi connectivity index (χ3n) is 4.19. The summed E-state index contributed by atoms with van der Waals surface area (Å²) < 4.78 is 5.10. The first-order chi connectivity index (χ1) is 7.80. The summed E-state index contributed by atoms with van der Waals surface area (Å²) in [4.78, 5) is 11.8. The lowest BCUT2D eigenvalue weighted by atomic mass is 9.73. The fraction of sp³-hybridized carbons (Fsp3) is 0.643. The van der Waals surface area contributed by atoms with Crippen LogP contribution in [-0.2, 0) is 9.53 Å². The molecule has 0 spiro atoms. The van der Waals surface area contributed by atoms with Crippen molar-refractivity contribution in [1.29, 1.82) is 0 Å². The van der Waals surface area contributed by atoms with E-state index in [1.54, 1.807) is 6.92 Å². The second kappa shape index (κ2) is 3.02. The van der Waals surface area contributed by atoms with Crippen LogP contribution in [0.4, 0.5) is 0 Å². The van der Waals surface area contributed by atoms with Crippen LogP contribution in [0.1, 0.15) is 33.6 Å². The predicted octanol–water partition coefficient (Wildman–Crippen LogP) is 1.97. The van der Waals surface area contributed by atoms with Crippen molar-refractivity contribution in [3.63, 3.8) is 0 Å². The molecule has 3 nitrogen and oxygen atoms in total. The molecule has 92 valence electrons. The number of carbonyl (C=O) groups excluding carboxylic acids is 1. The van der Waals surface area contributed by atoms with Gasteiger partial charge < -0.3 is 9.84 Å². The smallest absolute Gasteiger partial charge is 0.338 e. The Bertz CT molecular complexity index is 466. The molecule has 3 heteroatoms. The molecule has 3 rings (SSSR count). The Hall–Kier alpha value is -1.09. The van der Waals surface area contributed by atoms with Crippen LogP contribution in [0.2, 0.25) is 0 Å². The number of cyclic esters (lactones) is 1. The molecule has 0 aromatic rings. The Balaban J connectivity index is 2.15. The number of carbonyl (C=O) groups is 1. The molecule has 0 fully saturated rings. The van der Waals surface area contributed by atoms with Crippen LogP contribution in [-0.4, -0.2) is 23.3 Å². The van der Waals surface area contributed by atoms with Crippen molar-refractivity contribution in [2.45, 2.75) is 39.2 Å². The van der Waals surface area contributed by atoms with Crippen LogP contribution in [0.15, 0.2) is 22.8 Å². The molecule has 0 saturated carbocycles. The Labute approximate surface area is 101 Å². The van der Waals surface area contributed by atoms with Crippen LogP contribution < -0.4 is 0 Å². The van der Waals surface area contributed by atoms with Crippen molar-refractivity contribution >= 4 is 5.97 Å². The molecule has 0 radical (unpaired) electrons. The monoisotopic (exact) mass is 234 g/mol. The van der Waals surface area contributed by atoms with Crippen molar-refractivity contribution < 1.29 is 14.6 Å². The molecule has 1 N–H and O–H groups in total. The predicted molar refractivity (Wildman–Crippen MR) is 63.2 cm³/mol. The fourth-order valence-corrected chi connectivity index (χ4v) is 3.53. The molecule has 0 bridgehead atoms. The minimum Gasteiger partial charge on any atom is -0.457 e. The topological polar surface area (TPSA) is 46.5 Å². The Morgan fingerprint density at radius 2 is 2.06 bits per heavy atom. The Kier molecular flexibility index (Phi) is 1.96. The van der Waals surface area contributed by atoms with E-state index in [0.717, 1.165) is 17.6 Å². The Morgan fingerprint density at radius 1 is 1.35 bits per heavy atom. The maximum absolute atomic E-state index is 11.8. The lowest BCUT2D eigenvalue weighted by Crippen LogP contribution is -2.36. The third kappa shape index (κ3) is 1.48. The third-order valence-corrected chi connectivity index (χ3v) is 4.19. The standard InChI is InChI=1S/C14H18O3/c1-13(2)4-8-5-14(3,16)10-7-17-12(15)11(10)9(8)6-13/h6,8,16H,4-5,7H2,1-3H3. The molecule has 2 unspecified atom stereocenters. The molecular formula is C14H18O3. The van der Waals surface area contributed by atoms with Crippen molar-refractivity contribution in [3.05, 3.63) is 22.8 Å². The highest BCUT2D eigenvalue weighted by molar-refractivity contribution is 5.98. The van der Waals surface area contributed by atoms with E-state index in [0.29, 0.717) is 17.9 Å². The summed E-state index contributed by atoms with van der Waals surface area (Å²) in [6, 6.07) is 0.